The van der Waals surface area contributed by atoms with Crippen molar-refractivity contribution in [3.05, 3.63) is 76.4 Å². The Kier molecular flexibility index (Phi) is 5.51. The van der Waals surface area contributed by atoms with E-state index >= 15 is 0 Å². The van der Waals surface area contributed by atoms with Gasteiger partial charge in [0.15, 0.2) is 0 Å². The standard InChI is InChI=1S/C20H21ClN4/c1-14-12-17(21)8-9-18(14)24-19-13-15(2)23-20(25-19)22-11-10-16-6-4-3-5-7-16/h3-9,12-13H,10-11H2,1-2H3,(H2,22,23,24,25). The van der Waals surface area contributed by atoms with Gasteiger partial charge < -0.3 is 10.6 Å². The van der Waals surface area contributed by atoms with Crippen LogP contribution >= 0.6 is 11.6 Å². The van der Waals surface area contributed by atoms with Crippen molar-refractivity contribution in [1.29, 1.82) is 0 Å². The van der Waals surface area contributed by atoms with Crippen LogP contribution in [-0.2, 0) is 6.42 Å². The number of nitrogens with zero attached hydrogens (tertiary/aromatic N) is 2. The maximum absolute atomic E-state index is 6.01. The van der Waals surface area contributed by atoms with Crippen molar-refractivity contribution in [3.8, 4) is 0 Å². The second-order valence-electron chi connectivity index (χ2n) is 5.96. The van der Waals surface area contributed by atoms with E-state index in [-0.39, 0.29) is 0 Å². The molecule has 2 aromatic carbocycles. The minimum atomic E-state index is 0.630. The summed E-state index contributed by atoms with van der Waals surface area (Å²) in [6, 6.07) is 18.0. The molecule has 5 heteroatoms. The van der Waals surface area contributed by atoms with Gasteiger partial charge >= 0.3 is 0 Å². The fourth-order valence-electron chi connectivity index (χ4n) is 2.58. The van der Waals surface area contributed by atoms with Crippen LogP contribution < -0.4 is 10.6 Å². The number of benzene rings is 2. The van der Waals surface area contributed by atoms with Gasteiger partial charge in [0.05, 0.1) is 0 Å². The van der Waals surface area contributed by atoms with Crippen molar-refractivity contribution in [2.45, 2.75) is 20.3 Å². The molecule has 0 aliphatic heterocycles. The van der Waals surface area contributed by atoms with E-state index in [1.54, 1.807) is 0 Å². The third-order valence-corrected chi connectivity index (χ3v) is 4.08. The zero-order valence-corrected chi connectivity index (χ0v) is 15.1. The van der Waals surface area contributed by atoms with Crippen molar-refractivity contribution in [3.63, 3.8) is 0 Å². The number of rotatable bonds is 6. The maximum atomic E-state index is 6.01. The molecular formula is C20H21ClN4. The average molecular weight is 353 g/mol. The Morgan fingerprint density at radius 1 is 0.960 bits per heavy atom. The number of nitrogens with one attached hydrogen (secondary N) is 2. The number of hydrogen-bond donors (Lipinski definition) is 2. The van der Waals surface area contributed by atoms with Gasteiger partial charge in [0.2, 0.25) is 5.95 Å². The van der Waals surface area contributed by atoms with Crippen LogP contribution in [0.1, 0.15) is 16.8 Å². The third kappa shape index (κ3) is 4.94. The van der Waals surface area contributed by atoms with Gasteiger partial charge in [-0.2, -0.15) is 4.98 Å². The molecule has 0 aliphatic rings. The second kappa shape index (κ2) is 7.99. The molecule has 0 fully saturated rings. The van der Waals surface area contributed by atoms with E-state index in [2.05, 4.69) is 44.9 Å². The van der Waals surface area contributed by atoms with E-state index in [0.29, 0.717) is 5.95 Å². The highest BCUT2D eigenvalue weighted by atomic mass is 35.5. The monoisotopic (exact) mass is 352 g/mol. The van der Waals surface area contributed by atoms with Crippen LogP contribution in [-0.4, -0.2) is 16.5 Å². The maximum Gasteiger partial charge on any atom is 0.224 e. The zero-order chi connectivity index (χ0) is 17.6. The van der Waals surface area contributed by atoms with Crippen molar-refractivity contribution in [2.75, 3.05) is 17.2 Å². The quantitative estimate of drug-likeness (QED) is 0.644. The highest BCUT2D eigenvalue weighted by Crippen LogP contribution is 2.23. The molecule has 0 atom stereocenters. The van der Waals surface area contributed by atoms with Crippen LogP contribution in [0.5, 0.6) is 0 Å². The fourth-order valence-corrected chi connectivity index (χ4v) is 2.81. The lowest BCUT2D eigenvalue weighted by molar-refractivity contribution is 0.976. The molecule has 1 aromatic heterocycles. The van der Waals surface area contributed by atoms with Gasteiger partial charge in [0, 0.05) is 29.0 Å². The average Bonchev–Trinajstić information content (AvgIpc) is 2.58. The SMILES string of the molecule is Cc1cc(Nc2ccc(Cl)cc2C)nc(NCCc2ccccc2)n1. The van der Waals surface area contributed by atoms with E-state index in [1.807, 2.05) is 44.2 Å². The minimum Gasteiger partial charge on any atom is -0.354 e. The molecule has 0 radical (unpaired) electrons. The largest absolute Gasteiger partial charge is 0.354 e. The lowest BCUT2D eigenvalue weighted by Crippen LogP contribution is -2.09. The topological polar surface area (TPSA) is 49.8 Å². The van der Waals surface area contributed by atoms with E-state index in [9.17, 15) is 0 Å². The molecule has 128 valence electrons. The Bertz CT molecular complexity index is 850. The number of halogens is 1. The molecule has 0 bridgehead atoms. The molecule has 0 saturated carbocycles. The molecule has 0 unspecified atom stereocenters. The van der Waals surface area contributed by atoms with Gasteiger partial charge in [0.25, 0.3) is 0 Å². The Morgan fingerprint density at radius 2 is 1.76 bits per heavy atom. The molecular weight excluding hydrogens is 332 g/mol. The normalized spacial score (nSPS) is 10.5. The van der Waals surface area contributed by atoms with Crippen LogP contribution in [0.2, 0.25) is 5.02 Å². The summed E-state index contributed by atoms with van der Waals surface area (Å²) in [6.07, 6.45) is 0.928. The van der Waals surface area contributed by atoms with Crippen molar-refractivity contribution in [1.82, 2.24) is 9.97 Å². The fraction of sp³-hybridized carbons (Fsp3) is 0.200. The van der Waals surface area contributed by atoms with Gasteiger partial charge in [-0.1, -0.05) is 41.9 Å². The molecule has 0 saturated heterocycles. The number of anilines is 3. The van der Waals surface area contributed by atoms with E-state index in [0.717, 1.165) is 40.8 Å². The first-order chi connectivity index (χ1) is 12.1. The summed E-state index contributed by atoms with van der Waals surface area (Å²) < 4.78 is 0. The Morgan fingerprint density at radius 3 is 2.52 bits per heavy atom. The first-order valence-electron chi connectivity index (χ1n) is 8.27. The van der Waals surface area contributed by atoms with Crippen LogP contribution in [0.15, 0.2) is 54.6 Å². The minimum absolute atomic E-state index is 0.630. The lowest BCUT2D eigenvalue weighted by atomic mass is 10.1. The van der Waals surface area contributed by atoms with Gasteiger partial charge in [-0.25, -0.2) is 4.98 Å². The summed E-state index contributed by atoms with van der Waals surface area (Å²) in [5, 5.41) is 7.37. The Labute approximate surface area is 153 Å². The molecule has 1 heterocycles. The summed E-state index contributed by atoms with van der Waals surface area (Å²) in [6.45, 7) is 4.76. The van der Waals surface area contributed by atoms with Crippen molar-refractivity contribution < 1.29 is 0 Å². The van der Waals surface area contributed by atoms with Gasteiger partial charge in [-0.15, -0.1) is 0 Å². The first-order valence-corrected chi connectivity index (χ1v) is 8.64. The summed E-state index contributed by atoms with van der Waals surface area (Å²) in [4.78, 5) is 9.02. The third-order valence-electron chi connectivity index (χ3n) is 3.85. The summed E-state index contributed by atoms with van der Waals surface area (Å²) in [5.41, 5.74) is 4.25. The summed E-state index contributed by atoms with van der Waals surface area (Å²) in [5.74, 6) is 1.39. The van der Waals surface area contributed by atoms with Gasteiger partial charge in [-0.05, 0) is 49.6 Å². The van der Waals surface area contributed by atoms with Gasteiger partial charge in [-0.3, -0.25) is 0 Å². The molecule has 0 spiro atoms. The van der Waals surface area contributed by atoms with E-state index < -0.39 is 0 Å². The molecule has 4 nitrogen and oxygen atoms in total. The van der Waals surface area contributed by atoms with E-state index in [4.69, 9.17) is 11.6 Å². The molecule has 0 aliphatic carbocycles. The smallest absolute Gasteiger partial charge is 0.224 e. The van der Waals surface area contributed by atoms with Crippen molar-refractivity contribution >= 4 is 29.1 Å². The molecule has 25 heavy (non-hydrogen) atoms. The summed E-state index contributed by atoms with van der Waals surface area (Å²) in [7, 11) is 0. The Balaban J connectivity index is 1.67. The first kappa shape index (κ1) is 17.2. The highest BCUT2D eigenvalue weighted by Gasteiger charge is 2.05. The van der Waals surface area contributed by atoms with Gasteiger partial charge in [0.1, 0.15) is 5.82 Å². The predicted molar refractivity (Wildman–Crippen MR) is 105 cm³/mol. The number of aryl methyl sites for hydroxylation is 2. The zero-order valence-electron chi connectivity index (χ0n) is 14.4. The van der Waals surface area contributed by atoms with E-state index in [1.165, 1.54) is 5.56 Å². The van der Waals surface area contributed by atoms with Crippen LogP contribution in [0.25, 0.3) is 0 Å². The number of hydrogen-bond acceptors (Lipinski definition) is 4. The van der Waals surface area contributed by atoms with Crippen molar-refractivity contribution in [2.24, 2.45) is 0 Å². The van der Waals surface area contributed by atoms with Crippen LogP contribution in [0.4, 0.5) is 17.5 Å². The molecule has 3 aromatic rings. The highest BCUT2D eigenvalue weighted by molar-refractivity contribution is 6.30. The van der Waals surface area contributed by atoms with Crippen LogP contribution in [0, 0.1) is 13.8 Å². The second-order valence-corrected chi connectivity index (χ2v) is 6.40. The lowest BCUT2D eigenvalue weighted by Gasteiger charge is -2.12. The molecule has 3 rings (SSSR count). The summed E-state index contributed by atoms with van der Waals surface area (Å²) >= 11 is 6.01. The molecule has 0 amide bonds. The number of aromatic nitrogens is 2. The molecule has 2 N–H and O–H groups in total. The Hall–Kier alpha value is -2.59. The predicted octanol–water partition coefficient (Wildman–Crippen LogP) is 5.15. The van der Waals surface area contributed by atoms with Crippen LogP contribution in [0.3, 0.4) is 0 Å².